The molecule has 17 heavy (non-hydrogen) atoms. The highest BCUT2D eigenvalue weighted by atomic mass is 16.5. The second kappa shape index (κ2) is 7.30. The van der Waals surface area contributed by atoms with Gasteiger partial charge in [0.2, 0.25) is 0 Å². The van der Waals surface area contributed by atoms with Gasteiger partial charge in [-0.15, -0.1) is 0 Å². The van der Waals surface area contributed by atoms with E-state index in [0.29, 0.717) is 6.61 Å². The van der Waals surface area contributed by atoms with Crippen LogP contribution in [-0.4, -0.2) is 30.4 Å². The van der Waals surface area contributed by atoms with E-state index in [2.05, 4.69) is 19.2 Å². The van der Waals surface area contributed by atoms with Crippen LogP contribution in [0.3, 0.4) is 0 Å². The Morgan fingerprint density at radius 1 is 1.18 bits per heavy atom. The molecule has 0 heterocycles. The smallest absolute Gasteiger partial charge is 0.119 e. The highest BCUT2D eigenvalue weighted by molar-refractivity contribution is 5.20. The van der Waals surface area contributed by atoms with E-state index in [1.165, 1.54) is 0 Å². The average molecular weight is 237 g/mol. The van der Waals surface area contributed by atoms with Crippen LogP contribution in [0.2, 0.25) is 0 Å². The summed E-state index contributed by atoms with van der Waals surface area (Å²) >= 11 is 0. The third-order valence-electron chi connectivity index (χ3n) is 3.27. The summed E-state index contributed by atoms with van der Waals surface area (Å²) in [4.78, 5) is 0. The molecule has 1 aromatic rings. The summed E-state index contributed by atoms with van der Waals surface area (Å²) < 4.78 is 5.59. The maximum Gasteiger partial charge on any atom is 0.119 e. The Kier molecular flexibility index (Phi) is 6.01. The van der Waals surface area contributed by atoms with Gasteiger partial charge >= 0.3 is 0 Å². The fourth-order valence-electron chi connectivity index (χ4n) is 1.78. The van der Waals surface area contributed by atoms with Crippen molar-refractivity contribution < 1.29 is 9.84 Å². The Morgan fingerprint density at radius 2 is 1.82 bits per heavy atom. The molecule has 0 atom stereocenters. The Balaban J connectivity index is 2.28. The van der Waals surface area contributed by atoms with E-state index in [1.54, 1.807) is 0 Å². The lowest BCUT2D eigenvalue weighted by molar-refractivity contribution is 0.144. The van der Waals surface area contributed by atoms with Crippen molar-refractivity contribution in [1.29, 1.82) is 0 Å². The van der Waals surface area contributed by atoms with Gasteiger partial charge in [-0.1, -0.05) is 32.0 Å². The zero-order valence-electron chi connectivity index (χ0n) is 10.8. The molecular formula is C14H23NO2. The van der Waals surface area contributed by atoms with Crippen LogP contribution in [-0.2, 0) is 0 Å². The molecule has 3 nitrogen and oxygen atoms in total. The molecule has 1 aromatic carbocycles. The van der Waals surface area contributed by atoms with Gasteiger partial charge in [0.25, 0.3) is 0 Å². The van der Waals surface area contributed by atoms with Gasteiger partial charge in [0, 0.05) is 12.1 Å². The van der Waals surface area contributed by atoms with E-state index in [9.17, 15) is 5.11 Å². The number of ether oxygens (including phenoxy) is 1. The number of aliphatic hydroxyl groups is 1. The molecule has 0 aromatic heterocycles. The third-order valence-corrected chi connectivity index (χ3v) is 3.27. The molecule has 0 amide bonds. The van der Waals surface area contributed by atoms with Crippen molar-refractivity contribution in [2.45, 2.75) is 32.2 Å². The van der Waals surface area contributed by atoms with Gasteiger partial charge in [-0.3, -0.25) is 0 Å². The lowest BCUT2D eigenvalue weighted by atomic mass is 9.94. The van der Waals surface area contributed by atoms with Gasteiger partial charge < -0.3 is 15.2 Å². The van der Waals surface area contributed by atoms with Gasteiger partial charge in [0.05, 0.1) is 6.61 Å². The molecule has 0 unspecified atom stereocenters. The van der Waals surface area contributed by atoms with Gasteiger partial charge in [0.15, 0.2) is 0 Å². The van der Waals surface area contributed by atoms with E-state index >= 15 is 0 Å². The monoisotopic (exact) mass is 237 g/mol. The van der Waals surface area contributed by atoms with Gasteiger partial charge in [-0.25, -0.2) is 0 Å². The van der Waals surface area contributed by atoms with Crippen molar-refractivity contribution in [2.24, 2.45) is 0 Å². The zero-order chi connectivity index (χ0) is 12.6. The first-order valence-electron chi connectivity index (χ1n) is 6.30. The van der Waals surface area contributed by atoms with Crippen molar-refractivity contribution in [3.05, 3.63) is 30.3 Å². The van der Waals surface area contributed by atoms with Crippen molar-refractivity contribution >= 4 is 0 Å². The number of rotatable bonds is 8. The summed E-state index contributed by atoms with van der Waals surface area (Å²) in [7, 11) is 0. The largest absolute Gasteiger partial charge is 0.492 e. The summed E-state index contributed by atoms with van der Waals surface area (Å²) in [5.41, 5.74) is -0.153. The van der Waals surface area contributed by atoms with E-state index in [4.69, 9.17) is 4.74 Å². The van der Waals surface area contributed by atoms with Crippen LogP contribution in [0.25, 0.3) is 0 Å². The Hall–Kier alpha value is -1.06. The maximum atomic E-state index is 9.39. The molecule has 0 aliphatic carbocycles. The van der Waals surface area contributed by atoms with E-state index in [0.717, 1.165) is 25.1 Å². The minimum absolute atomic E-state index is 0.153. The van der Waals surface area contributed by atoms with Crippen LogP contribution < -0.4 is 10.1 Å². The fraction of sp³-hybridized carbons (Fsp3) is 0.571. The minimum atomic E-state index is -0.153. The van der Waals surface area contributed by atoms with Crippen molar-refractivity contribution in [3.8, 4) is 5.75 Å². The lowest BCUT2D eigenvalue weighted by Gasteiger charge is -2.30. The number of aliphatic hydroxyl groups excluding tert-OH is 1. The predicted molar refractivity (Wildman–Crippen MR) is 70.3 cm³/mol. The van der Waals surface area contributed by atoms with Crippen LogP contribution in [0.1, 0.15) is 26.7 Å². The first-order chi connectivity index (χ1) is 8.26. The van der Waals surface area contributed by atoms with Gasteiger partial charge in [0.1, 0.15) is 12.4 Å². The van der Waals surface area contributed by atoms with Gasteiger partial charge in [-0.2, -0.15) is 0 Å². The van der Waals surface area contributed by atoms with Crippen LogP contribution >= 0.6 is 0 Å². The molecule has 1 rings (SSSR count). The molecule has 3 heteroatoms. The van der Waals surface area contributed by atoms with E-state index in [-0.39, 0.29) is 12.1 Å². The topological polar surface area (TPSA) is 41.5 Å². The first kappa shape index (κ1) is 14.0. The summed E-state index contributed by atoms with van der Waals surface area (Å²) in [5, 5.41) is 12.8. The molecule has 0 saturated heterocycles. The van der Waals surface area contributed by atoms with E-state index < -0.39 is 0 Å². The Labute approximate surface area is 104 Å². The van der Waals surface area contributed by atoms with Crippen LogP contribution in [0, 0.1) is 0 Å². The van der Waals surface area contributed by atoms with Crippen LogP contribution in [0.15, 0.2) is 30.3 Å². The first-order valence-corrected chi connectivity index (χ1v) is 6.30. The number of hydrogen-bond donors (Lipinski definition) is 2. The predicted octanol–water partition coefficient (Wildman–Crippen LogP) is 2.21. The fourth-order valence-corrected chi connectivity index (χ4v) is 1.78. The molecular weight excluding hydrogens is 214 g/mol. The van der Waals surface area contributed by atoms with Crippen LogP contribution in [0.5, 0.6) is 5.75 Å². The standard InChI is InChI=1S/C14H23NO2/c1-3-14(4-2,12-16)15-10-11-17-13-8-6-5-7-9-13/h5-9,15-16H,3-4,10-12H2,1-2H3. The second-order valence-corrected chi connectivity index (χ2v) is 4.23. The molecule has 96 valence electrons. The minimum Gasteiger partial charge on any atom is -0.492 e. The SMILES string of the molecule is CCC(CC)(CO)NCCOc1ccccc1. The number of para-hydroxylation sites is 1. The molecule has 0 radical (unpaired) electrons. The third kappa shape index (κ3) is 4.36. The molecule has 0 aliphatic heterocycles. The molecule has 0 fully saturated rings. The number of benzene rings is 1. The zero-order valence-corrected chi connectivity index (χ0v) is 10.8. The van der Waals surface area contributed by atoms with Crippen molar-refractivity contribution in [2.75, 3.05) is 19.8 Å². The Bertz CT molecular complexity index is 288. The molecule has 0 aliphatic rings. The summed E-state index contributed by atoms with van der Waals surface area (Å²) in [6.45, 7) is 5.71. The summed E-state index contributed by atoms with van der Waals surface area (Å²) in [5.74, 6) is 0.886. The normalized spacial score (nSPS) is 11.5. The molecule has 0 spiro atoms. The summed E-state index contributed by atoms with van der Waals surface area (Å²) in [6.07, 6.45) is 1.84. The molecule has 0 saturated carbocycles. The number of nitrogens with one attached hydrogen (secondary N) is 1. The highest BCUT2D eigenvalue weighted by Crippen LogP contribution is 2.13. The van der Waals surface area contributed by atoms with Crippen molar-refractivity contribution in [1.82, 2.24) is 5.32 Å². The van der Waals surface area contributed by atoms with Crippen molar-refractivity contribution in [3.63, 3.8) is 0 Å². The van der Waals surface area contributed by atoms with E-state index in [1.807, 2.05) is 30.3 Å². The molecule has 2 N–H and O–H groups in total. The summed E-state index contributed by atoms with van der Waals surface area (Å²) in [6, 6.07) is 9.77. The average Bonchev–Trinajstić information content (AvgIpc) is 2.41. The lowest BCUT2D eigenvalue weighted by Crippen LogP contribution is -2.48. The Morgan fingerprint density at radius 3 is 2.35 bits per heavy atom. The maximum absolute atomic E-state index is 9.39. The quantitative estimate of drug-likeness (QED) is 0.681. The molecule has 0 bridgehead atoms. The van der Waals surface area contributed by atoms with Gasteiger partial charge in [-0.05, 0) is 25.0 Å². The second-order valence-electron chi connectivity index (χ2n) is 4.23. The number of hydrogen-bond acceptors (Lipinski definition) is 3. The van der Waals surface area contributed by atoms with Crippen LogP contribution in [0.4, 0.5) is 0 Å². The highest BCUT2D eigenvalue weighted by Gasteiger charge is 2.23.